The molecule has 0 aromatic heterocycles. The molecule has 1 unspecified atom stereocenters. The number of anilines is 1. The Morgan fingerprint density at radius 2 is 1.88 bits per heavy atom. The lowest BCUT2D eigenvalue weighted by molar-refractivity contribution is 0.504. The van der Waals surface area contributed by atoms with Crippen LogP contribution < -0.4 is 5.73 Å². The van der Waals surface area contributed by atoms with Crippen molar-refractivity contribution in [3.05, 3.63) is 29.8 Å². The zero-order valence-corrected chi connectivity index (χ0v) is 11.0. The molecular formula is C14H21NOS. The lowest BCUT2D eigenvalue weighted by atomic mass is 10.0. The Morgan fingerprint density at radius 3 is 2.59 bits per heavy atom. The average molecular weight is 251 g/mol. The molecule has 3 heteroatoms. The first-order valence-corrected chi connectivity index (χ1v) is 7.86. The smallest absolute Gasteiger partial charge is 0.0348 e. The summed E-state index contributed by atoms with van der Waals surface area (Å²) in [6, 6.07) is 7.89. The number of nitrogens with two attached hydrogens (primary N) is 1. The highest BCUT2D eigenvalue weighted by Gasteiger charge is 2.19. The SMILES string of the molecule is Nc1ccccc1CCS(=O)C1CCCCC1. The molecule has 1 saturated carbocycles. The minimum Gasteiger partial charge on any atom is -0.399 e. The number of aryl methyl sites for hydroxylation is 1. The molecule has 1 atom stereocenters. The Balaban J connectivity index is 1.85. The zero-order chi connectivity index (χ0) is 12.1. The van der Waals surface area contributed by atoms with Gasteiger partial charge in [-0.15, -0.1) is 0 Å². The van der Waals surface area contributed by atoms with E-state index < -0.39 is 10.8 Å². The van der Waals surface area contributed by atoms with Gasteiger partial charge in [0, 0.05) is 27.5 Å². The van der Waals surface area contributed by atoms with Gasteiger partial charge in [-0.25, -0.2) is 0 Å². The summed E-state index contributed by atoms with van der Waals surface area (Å²) in [6.07, 6.45) is 6.97. The number of nitrogen functional groups attached to an aromatic ring is 1. The summed E-state index contributed by atoms with van der Waals surface area (Å²) in [7, 11) is -0.671. The number of hydrogen-bond donors (Lipinski definition) is 1. The van der Waals surface area contributed by atoms with E-state index >= 15 is 0 Å². The van der Waals surface area contributed by atoms with Crippen LogP contribution in [0.5, 0.6) is 0 Å². The molecule has 0 aliphatic heterocycles. The first-order chi connectivity index (χ1) is 8.27. The topological polar surface area (TPSA) is 43.1 Å². The Hall–Kier alpha value is -0.830. The Labute approximate surface area is 106 Å². The summed E-state index contributed by atoms with van der Waals surface area (Å²) >= 11 is 0. The first-order valence-electron chi connectivity index (χ1n) is 6.48. The van der Waals surface area contributed by atoms with Crippen molar-refractivity contribution in [3.63, 3.8) is 0 Å². The van der Waals surface area contributed by atoms with Gasteiger partial charge in [-0.3, -0.25) is 4.21 Å². The van der Waals surface area contributed by atoms with Crippen LogP contribution in [0.1, 0.15) is 37.7 Å². The maximum Gasteiger partial charge on any atom is 0.0348 e. The van der Waals surface area contributed by atoms with Gasteiger partial charge in [-0.2, -0.15) is 0 Å². The second-order valence-electron chi connectivity index (χ2n) is 4.79. The van der Waals surface area contributed by atoms with Crippen LogP contribution in [-0.4, -0.2) is 15.2 Å². The van der Waals surface area contributed by atoms with Gasteiger partial charge in [-0.05, 0) is 30.9 Å². The molecular weight excluding hydrogens is 230 g/mol. The predicted molar refractivity (Wildman–Crippen MR) is 74.4 cm³/mol. The van der Waals surface area contributed by atoms with Gasteiger partial charge in [0.1, 0.15) is 0 Å². The van der Waals surface area contributed by atoms with Crippen LogP contribution in [0.2, 0.25) is 0 Å². The van der Waals surface area contributed by atoms with Crippen molar-refractivity contribution in [2.24, 2.45) is 0 Å². The molecule has 17 heavy (non-hydrogen) atoms. The van der Waals surface area contributed by atoms with E-state index in [1.807, 2.05) is 24.3 Å². The van der Waals surface area contributed by atoms with Crippen molar-refractivity contribution >= 4 is 16.5 Å². The minimum atomic E-state index is -0.671. The largest absolute Gasteiger partial charge is 0.399 e. The van der Waals surface area contributed by atoms with Crippen LogP contribution in [0.15, 0.2) is 24.3 Å². The summed E-state index contributed by atoms with van der Waals surface area (Å²) < 4.78 is 12.2. The van der Waals surface area contributed by atoms with Crippen LogP contribution in [0.3, 0.4) is 0 Å². The molecule has 1 fully saturated rings. The highest BCUT2D eigenvalue weighted by molar-refractivity contribution is 7.85. The van der Waals surface area contributed by atoms with Crippen LogP contribution in [0.4, 0.5) is 5.69 Å². The molecule has 2 N–H and O–H groups in total. The molecule has 0 heterocycles. The van der Waals surface area contributed by atoms with E-state index in [9.17, 15) is 4.21 Å². The lowest BCUT2D eigenvalue weighted by Gasteiger charge is -2.20. The number of hydrogen-bond acceptors (Lipinski definition) is 2. The molecule has 1 aliphatic rings. The number of rotatable bonds is 4. The van der Waals surface area contributed by atoms with E-state index in [0.717, 1.165) is 36.3 Å². The van der Waals surface area contributed by atoms with Gasteiger partial charge in [0.2, 0.25) is 0 Å². The van der Waals surface area contributed by atoms with Gasteiger partial charge in [0.25, 0.3) is 0 Å². The van der Waals surface area contributed by atoms with Gasteiger partial charge in [0.15, 0.2) is 0 Å². The maximum atomic E-state index is 12.2. The Kier molecular flexibility index (Phi) is 4.60. The van der Waals surface area contributed by atoms with Crippen molar-refractivity contribution < 1.29 is 4.21 Å². The molecule has 0 spiro atoms. The predicted octanol–water partition coefficient (Wildman–Crippen LogP) is 2.89. The quantitative estimate of drug-likeness (QED) is 0.836. The standard InChI is InChI=1S/C14H21NOS/c15-14-9-5-4-6-12(14)10-11-17(16)13-7-2-1-3-8-13/h4-6,9,13H,1-3,7-8,10-11,15H2. The molecule has 1 aliphatic carbocycles. The molecule has 1 aromatic rings. The normalized spacial score (nSPS) is 19.1. The van der Waals surface area contributed by atoms with Crippen LogP contribution in [0.25, 0.3) is 0 Å². The Morgan fingerprint density at radius 1 is 1.18 bits per heavy atom. The van der Waals surface area contributed by atoms with Gasteiger partial charge in [0.05, 0.1) is 0 Å². The molecule has 2 rings (SSSR count). The third-order valence-electron chi connectivity index (χ3n) is 3.55. The summed E-state index contributed by atoms with van der Waals surface area (Å²) in [6.45, 7) is 0. The van der Waals surface area contributed by atoms with Crippen molar-refractivity contribution in [3.8, 4) is 0 Å². The zero-order valence-electron chi connectivity index (χ0n) is 10.2. The van der Waals surface area contributed by atoms with E-state index in [2.05, 4.69) is 0 Å². The average Bonchev–Trinajstić information content (AvgIpc) is 2.38. The third kappa shape index (κ3) is 3.56. The van der Waals surface area contributed by atoms with Crippen LogP contribution >= 0.6 is 0 Å². The van der Waals surface area contributed by atoms with Gasteiger partial charge >= 0.3 is 0 Å². The van der Waals surface area contributed by atoms with E-state index in [0.29, 0.717) is 5.25 Å². The molecule has 0 amide bonds. The summed E-state index contributed by atoms with van der Waals surface area (Å²) in [4.78, 5) is 0. The van der Waals surface area contributed by atoms with Gasteiger partial charge in [-0.1, -0.05) is 37.5 Å². The van der Waals surface area contributed by atoms with E-state index in [-0.39, 0.29) is 0 Å². The second-order valence-corrected chi connectivity index (χ2v) is 6.63. The van der Waals surface area contributed by atoms with Crippen molar-refractivity contribution in [1.29, 1.82) is 0 Å². The second kappa shape index (κ2) is 6.20. The monoisotopic (exact) mass is 251 g/mol. The fourth-order valence-electron chi connectivity index (χ4n) is 2.47. The first kappa shape index (κ1) is 12.6. The lowest BCUT2D eigenvalue weighted by Crippen LogP contribution is -2.21. The van der Waals surface area contributed by atoms with E-state index in [4.69, 9.17) is 5.73 Å². The molecule has 1 aromatic carbocycles. The summed E-state index contributed by atoms with van der Waals surface area (Å²) in [5.74, 6) is 0.763. The van der Waals surface area contributed by atoms with Crippen molar-refractivity contribution in [2.75, 3.05) is 11.5 Å². The van der Waals surface area contributed by atoms with Crippen LogP contribution in [-0.2, 0) is 17.2 Å². The number of para-hydroxylation sites is 1. The summed E-state index contributed by atoms with van der Waals surface area (Å²) in [5, 5.41) is 0.439. The van der Waals surface area contributed by atoms with E-state index in [1.165, 1.54) is 19.3 Å². The molecule has 2 nitrogen and oxygen atoms in total. The fourth-order valence-corrected chi connectivity index (χ4v) is 4.08. The Bertz CT molecular complexity index is 386. The highest BCUT2D eigenvalue weighted by Crippen LogP contribution is 2.23. The van der Waals surface area contributed by atoms with E-state index in [1.54, 1.807) is 0 Å². The molecule has 94 valence electrons. The summed E-state index contributed by atoms with van der Waals surface area (Å²) in [5.41, 5.74) is 7.85. The molecule has 0 radical (unpaired) electrons. The third-order valence-corrected chi connectivity index (χ3v) is 5.37. The fraction of sp³-hybridized carbons (Fsp3) is 0.571. The molecule has 0 bridgehead atoms. The maximum absolute atomic E-state index is 12.2. The van der Waals surface area contributed by atoms with Crippen molar-refractivity contribution in [2.45, 2.75) is 43.8 Å². The van der Waals surface area contributed by atoms with Gasteiger partial charge < -0.3 is 5.73 Å². The van der Waals surface area contributed by atoms with Crippen molar-refractivity contribution in [1.82, 2.24) is 0 Å². The minimum absolute atomic E-state index is 0.439. The highest BCUT2D eigenvalue weighted by atomic mass is 32.2. The number of benzene rings is 1. The van der Waals surface area contributed by atoms with Crippen LogP contribution in [0, 0.1) is 0 Å². The molecule has 0 saturated heterocycles.